The summed E-state index contributed by atoms with van der Waals surface area (Å²) >= 11 is 0. The van der Waals surface area contributed by atoms with Crippen molar-refractivity contribution in [2.75, 3.05) is 26.7 Å². The minimum Gasteiger partial charge on any atom is -0.376 e. The summed E-state index contributed by atoms with van der Waals surface area (Å²) in [5, 5.41) is 3.01. The molecule has 0 aliphatic carbocycles. The van der Waals surface area contributed by atoms with Crippen LogP contribution < -0.4 is 5.32 Å². The van der Waals surface area contributed by atoms with Gasteiger partial charge < -0.3 is 15.0 Å². The van der Waals surface area contributed by atoms with Gasteiger partial charge in [-0.2, -0.15) is 0 Å². The lowest BCUT2D eigenvalue weighted by Crippen LogP contribution is -2.45. The van der Waals surface area contributed by atoms with Crippen LogP contribution in [0.2, 0.25) is 0 Å². The van der Waals surface area contributed by atoms with Gasteiger partial charge in [0.05, 0.1) is 30.0 Å². The minimum atomic E-state index is -0.392. The number of ether oxygens (including phenoxy) is 1. The summed E-state index contributed by atoms with van der Waals surface area (Å²) in [6, 6.07) is 5.57. The molecule has 6 nitrogen and oxygen atoms in total. The molecular formula is C20H25N3O3. The van der Waals surface area contributed by atoms with E-state index in [1.165, 1.54) is 0 Å². The van der Waals surface area contributed by atoms with Gasteiger partial charge in [0, 0.05) is 20.2 Å². The highest BCUT2D eigenvalue weighted by molar-refractivity contribution is 6.01. The molecule has 1 aromatic carbocycles. The Balaban J connectivity index is 1.67. The van der Waals surface area contributed by atoms with Gasteiger partial charge in [-0.3, -0.25) is 9.69 Å². The molecule has 26 heavy (non-hydrogen) atoms. The van der Waals surface area contributed by atoms with E-state index in [2.05, 4.69) is 11.4 Å². The highest BCUT2D eigenvalue weighted by Gasteiger charge is 2.43. The predicted octanol–water partition coefficient (Wildman–Crippen LogP) is 2.27. The number of nitrogens with zero attached hydrogens (tertiary/aromatic N) is 2. The van der Waals surface area contributed by atoms with Crippen LogP contribution in [0.15, 0.2) is 29.5 Å². The average Bonchev–Trinajstić information content (AvgIpc) is 3.21. The third kappa shape index (κ3) is 2.78. The Morgan fingerprint density at radius 2 is 2.08 bits per heavy atom. The smallest absolute Gasteiger partial charge is 0.322 e. The number of carbonyl (C=O) groups excluding carboxylic acids is 2. The number of carbonyl (C=O) groups is 2. The van der Waals surface area contributed by atoms with Crippen LogP contribution in [0.4, 0.5) is 4.79 Å². The molecule has 0 unspecified atom stereocenters. The largest absolute Gasteiger partial charge is 0.376 e. The molecule has 6 heteroatoms. The van der Waals surface area contributed by atoms with Crippen LogP contribution in [0.1, 0.15) is 35.6 Å². The number of aryl methyl sites for hydroxylation is 2. The summed E-state index contributed by atoms with van der Waals surface area (Å²) in [4.78, 5) is 29.1. The molecule has 3 aliphatic heterocycles. The molecule has 1 N–H and O–H groups in total. The van der Waals surface area contributed by atoms with E-state index < -0.39 is 6.04 Å². The first kappa shape index (κ1) is 17.1. The number of hydrogen-bond donors (Lipinski definition) is 1. The minimum absolute atomic E-state index is 0.00678. The Kier molecular flexibility index (Phi) is 4.23. The summed E-state index contributed by atoms with van der Waals surface area (Å²) < 4.78 is 5.70. The third-order valence-corrected chi connectivity index (χ3v) is 5.62. The summed E-state index contributed by atoms with van der Waals surface area (Å²) in [6.07, 6.45) is 2.14. The normalized spacial score (nSPS) is 25.8. The van der Waals surface area contributed by atoms with Crippen molar-refractivity contribution in [1.29, 1.82) is 0 Å². The van der Waals surface area contributed by atoms with E-state index in [1.54, 1.807) is 11.9 Å². The van der Waals surface area contributed by atoms with E-state index in [-0.39, 0.29) is 18.0 Å². The number of hydrogen-bond acceptors (Lipinski definition) is 3. The van der Waals surface area contributed by atoms with Crippen LogP contribution in [0, 0.1) is 13.8 Å². The van der Waals surface area contributed by atoms with Gasteiger partial charge in [-0.15, -0.1) is 0 Å². The zero-order valence-corrected chi connectivity index (χ0v) is 15.5. The molecule has 1 aromatic rings. The second-order valence-corrected chi connectivity index (χ2v) is 7.48. The number of urea groups is 1. The number of nitrogens with one attached hydrogen (secondary N) is 1. The van der Waals surface area contributed by atoms with Crippen molar-refractivity contribution in [1.82, 2.24) is 15.1 Å². The predicted molar refractivity (Wildman–Crippen MR) is 97.5 cm³/mol. The fourth-order valence-electron chi connectivity index (χ4n) is 4.19. The highest BCUT2D eigenvalue weighted by Crippen LogP contribution is 2.37. The first-order valence-corrected chi connectivity index (χ1v) is 9.21. The van der Waals surface area contributed by atoms with Crippen LogP contribution in [-0.4, -0.2) is 54.6 Å². The Labute approximate surface area is 153 Å². The van der Waals surface area contributed by atoms with E-state index in [9.17, 15) is 9.59 Å². The van der Waals surface area contributed by atoms with Crippen molar-refractivity contribution < 1.29 is 14.3 Å². The van der Waals surface area contributed by atoms with Crippen LogP contribution >= 0.6 is 0 Å². The van der Waals surface area contributed by atoms with Gasteiger partial charge in [0.15, 0.2) is 0 Å². The molecule has 138 valence electrons. The van der Waals surface area contributed by atoms with Gasteiger partial charge in [0.2, 0.25) is 0 Å². The van der Waals surface area contributed by atoms with Gasteiger partial charge in [0.25, 0.3) is 5.91 Å². The molecule has 1 saturated heterocycles. The number of likely N-dealkylation sites (N-methyl/N-ethyl adjacent to an activating group) is 1. The van der Waals surface area contributed by atoms with Crippen molar-refractivity contribution in [2.24, 2.45) is 0 Å². The Hall–Kier alpha value is -2.34. The summed E-state index contributed by atoms with van der Waals surface area (Å²) in [5.41, 5.74) is 4.73. The topological polar surface area (TPSA) is 61.9 Å². The molecule has 0 spiro atoms. The molecule has 0 radical (unpaired) electrons. The lowest BCUT2D eigenvalue weighted by Gasteiger charge is -2.31. The first-order chi connectivity index (χ1) is 12.5. The Morgan fingerprint density at radius 1 is 1.27 bits per heavy atom. The second kappa shape index (κ2) is 6.43. The fraction of sp³-hybridized carbons (Fsp3) is 0.500. The van der Waals surface area contributed by atoms with E-state index in [0.717, 1.165) is 41.8 Å². The molecule has 3 amide bonds. The van der Waals surface area contributed by atoms with Gasteiger partial charge in [0.1, 0.15) is 0 Å². The average molecular weight is 355 g/mol. The molecule has 1 fully saturated rings. The maximum absolute atomic E-state index is 13.2. The van der Waals surface area contributed by atoms with Gasteiger partial charge in [-0.05, 0) is 37.8 Å². The zero-order chi connectivity index (χ0) is 18.4. The van der Waals surface area contributed by atoms with Crippen LogP contribution in [0.25, 0.3) is 0 Å². The molecule has 3 aliphatic rings. The molecule has 2 atom stereocenters. The van der Waals surface area contributed by atoms with E-state index in [4.69, 9.17) is 4.74 Å². The van der Waals surface area contributed by atoms with Gasteiger partial charge >= 0.3 is 6.03 Å². The van der Waals surface area contributed by atoms with Crippen LogP contribution in [0.5, 0.6) is 0 Å². The van der Waals surface area contributed by atoms with Gasteiger partial charge in [-0.25, -0.2) is 4.79 Å². The van der Waals surface area contributed by atoms with Crippen molar-refractivity contribution in [3.8, 4) is 0 Å². The Morgan fingerprint density at radius 3 is 2.77 bits per heavy atom. The van der Waals surface area contributed by atoms with Gasteiger partial charge in [-0.1, -0.05) is 23.8 Å². The van der Waals surface area contributed by atoms with Crippen molar-refractivity contribution in [3.05, 3.63) is 46.2 Å². The second-order valence-electron chi connectivity index (χ2n) is 7.48. The van der Waals surface area contributed by atoms with Crippen LogP contribution in [-0.2, 0) is 9.53 Å². The maximum Gasteiger partial charge on any atom is 0.322 e. The zero-order valence-electron chi connectivity index (χ0n) is 15.5. The Bertz CT molecular complexity index is 795. The number of amides is 3. The fourth-order valence-corrected chi connectivity index (χ4v) is 4.19. The monoisotopic (exact) mass is 355 g/mol. The highest BCUT2D eigenvalue weighted by atomic mass is 16.5. The van der Waals surface area contributed by atoms with E-state index in [0.29, 0.717) is 18.7 Å². The molecular weight excluding hydrogens is 330 g/mol. The lowest BCUT2D eigenvalue weighted by molar-refractivity contribution is -0.127. The van der Waals surface area contributed by atoms with E-state index >= 15 is 0 Å². The molecule has 3 heterocycles. The van der Waals surface area contributed by atoms with E-state index in [1.807, 2.05) is 30.9 Å². The van der Waals surface area contributed by atoms with Crippen LogP contribution in [0.3, 0.4) is 0 Å². The van der Waals surface area contributed by atoms with Crippen molar-refractivity contribution >= 4 is 11.9 Å². The number of rotatable bonds is 3. The van der Waals surface area contributed by atoms with Crippen molar-refractivity contribution in [3.63, 3.8) is 0 Å². The lowest BCUT2D eigenvalue weighted by atomic mass is 9.91. The number of benzene rings is 1. The first-order valence-electron chi connectivity index (χ1n) is 9.21. The summed E-state index contributed by atoms with van der Waals surface area (Å²) in [6.45, 7) is 5.90. The summed E-state index contributed by atoms with van der Waals surface area (Å²) in [7, 11) is 1.73. The summed E-state index contributed by atoms with van der Waals surface area (Å²) in [5.74, 6) is 0.00678. The molecule has 0 bridgehead atoms. The maximum atomic E-state index is 13.2. The standard InChI is InChI=1S/C20H25N3O3/c1-12-6-7-15(13(2)9-12)18-17-16(22(3)20(25)21-18)11-23(19(17)24)10-14-5-4-8-26-14/h6-7,9,14,18H,4-5,8,10-11H2,1-3H3,(H,21,25)/t14-,18+/m0/s1. The van der Waals surface area contributed by atoms with Crippen molar-refractivity contribution in [2.45, 2.75) is 38.8 Å². The molecule has 0 saturated carbocycles. The molecule has 4 rings (SSSR count). The molecule has 0 aromatic heterocycles. The third-order valence-electron chi connectivity index (χ3n) is 5.62. The SMILES string of the molecule is Cc1ccc([C@H]2NC(=O)N(C)C3=C2C(=O)N(C[C@@H]2CCCO2)C3)c(C)c1. The quantitative estimate of drug-likeness (QED) is 0.905.